The third-order valence-electron chi connectivity index (χ3n) is 2.39. The fourth-order valence-corrected chi connectivity index (χ4v) is 1.55. The van der Waals surface area contributed by atoms with Gasteiger partial charge in [-0.25, -0.2) is 0 Å². The lowest BCUT2D eigenvalue weighted by atomic mass is 9.95. The molecular formula is C10H23N. The Morgan fingerprint density at radius 2 is 1.64 bits per heavy atom. The van der Waals surface area contributed by atoms with Crippen molar-refractivity contribution in [3.8, 4) is 0 Å². The molecule has 0 bridgehead atoms. The van der Waals surface area contributed by atoms with Crippen molar-refractivity contribution in [2.24, 2.45) is 5.92 Å². The van der Waals surface area contributed by atoms with E-state index in [9.17, 15) is 0 Å². The molecule has 0 rings (SSSR count). The topological polar surface area (TPSA) is 12.0 Å². The molecule has 0 aliphatic heterocycles. The van der Waals surface area contributed by atoms with Crippen molar-refractivity contribution in [2.45, 2.75) is 53.0 Å². The molecular weight excluding hydrogens is 134 g/mol. The van der Waals surface area contributed by atoms with Gasteiger partial charge in [0, 0.05) is 6.04 Å². The van der Waals surface area contributed by atoms with Crippen molar-refractivity contribution in [1.29, 1.82) is 0 Å². The molecule has 0 aliphatic rings. The van der Waals surface area contributed by atoms with Crippen molar-refractivity contribution in [3.63, 3.8) is 0 Å². The molecule has 0 aliphatic carbocycles. The Hall–Kier alpha value is -0.0400. The van der Waals surface area contributed by atoms with Gasteiger partial charge in [0.25, 0.3) is 0 Å². The summed E-state index contributed by atoms with van der Waals surface area (Å²) >= 11 is 0. The van der Waals surface area contributed by atoms with E-state index in [1.54, 1.807) is 0 Å². The van der Waals surface area contributed by atoms with Gasteiger partial charge in [-0.3, -0.25) is 0 Å². The van der Waals surface area contributed by atoms with Crippen LogP contribution in [0, 0.1) is 5.92 Å². The number of hydrogen-bond acceptors (Lipinski definition) is 1. The van der Waals surface area contributed by atoms with Crippen LogP contribution >= 0.6 is 0 Å². The average molecular weight is 157 g/mol. The summed E-state index contributed by atoms with van der Waals surface area (Å²) in [5.41, 5.74) is 0. The summed E-state index contributed by atoms with van der Waals surface area (Å²) in [7, 11) is 0. The molecule has 0 aromatic heterocycles. The van der Waals surface area contributed by atoms with Crippen LogP contribution in [-0.4, -0.2) is 12.6 Å². The van der Waals surface area contributed by atoms with E-state index in [4.69, 9.17) is 0 Å². The summed E-state index contributed by atoms with van der Waals surface area (Å²) in [6.45, 7) is 10.1. The van der Waals surface area contributed by atoms with Crippen molar-refractivity contribution >= 4 is 0 Å². The molecule has 0 aromatic carbocycles. The first-order valence-corrected chi connectivity index (χ1v) is 4.97. The van der Waals surface area contributed by atoms with Crippen molar-refractivity contribution in [3.05, 3.63) is 0 Å². The number of hydrogen-bond donors (Lipinski definition) is 1. The van der Waals surface area contributed by atoms with Crippen LogP contribution in [0.2, 0.25) is 0 Å². The maximum absolute atomic E-state index is 3.44. The Kier molecular flexibility index (Phi) is 6.63. The van der Waals surface area contributed by atoms with E-state index in [-0.39, 0.29) is 0 Å². The van der Waals surface area contributed by atoms with Crippen LogP contribution in [0.4, 0.5) is 0 Å². The maximum atomic E-state index is 3.44. The molecule has 68 valence electrons. The van der Waals surface area contributed by atoms with Gasteiger partial charge in [0.1, 0.15) is 0 Å². The zero-order valence-corrected chi connectivity index (χ0v) is 8.48. The van der Waals surface area contributed by atoms with Gasteiger partial charge in [-0.1, -0.05) is 33.6 Å². The summed E-state index contributed by atoms with van der Waals surface area (Å²) in [5.74, 6) is 0.920. The number of nitrogens with one attached hydrogen (secondary N) is 1. The minimum absolute atomic E-state index is 0.699. The molecule has 11 heavy (non-hydrogen) atoms. The fourth-order valence-electron chi connectivity index (χ4n) is 1.55. The Morgan fingerprint density at radius 1 is 1.09 bits per heavy atom. The summed E-state index contributed by atoms with van der Waals surface area (Å²) < 4.78 is 0. The number of rotatable bonds is 6. The van der Waals surface area contributed by atoms with Gasteiger partial charge in [0.05, 0.1) is 0 Å². The second-order valence-corrected chi connectivity index (χ2v) is 3.38. The minimum atomic E-state index is 0.699. The second kappa shape index (κ2) is 6.66. The molecule has 0 amide bonds. The zero-order chi connectivity index (χ0) is 8.69. The summed E-state index contributed by atoms with van der Waals surface area (Å²) in [6, 6.07) is 0.699. The van der Waals surface area contributed by atoms with Gasteiger partial charge >= 0.3 is 0 Å². The SMILES string of the molecule is CCNC(C)CC(CC)CC. The van der Waals surface area contributed by atoms with E-state index in [0.717, 1.165) is 12.5 Å². The fraction of sp³-hybridized carbons (Fsp3) is 1.00. The van der Waals surface area contributed by atoms with Crippen LogP contribution in [0.5, 0.6) is 0 Å². The summed E-state index contributed by atoms with van der Waals surface area (Å²) in [4.78, 5) is 0. The van der Waals surface area contributed by atoms with Crippen LogP contribution in [-0.2, 0) is 0 Å². The third kappa shape index (κ3) is 5.25. The van der Waals surface area contributed by atoms with Crippen LogP contribution in [0.15, 0.2) is 0 Å². The van der Waals surface area contributed by atoms with Crippen LogP contribution in [0.1, 0.15) is 47.0 Å². The van der Waals surface area contributed by atoms with Gasteiger partial charge < -0.3 is 5.32 Å². The Labute approximate surface area is 71.6 Å². The molecule has 0 heterocycles. The average Bonchev–Trinajstić information content (AvgIpc) is 2.01. The van der Waals surface area contributed by atoms with Crippen molar-refractivity contribution < 1.29 is 0 Å². The first kappa shape index (κ1) is 11.0. The molecule has 1 nitrogen and oxygen atoms in total. The summed E-state index contributed by atoms with van der Waals surface area (Å²) in [5, 5.41) is 3.44. The predicted octanol–water partition coefficient (Wildman–Crippen LogP) is 2.81. The molecule has 0 aromatic rings. The van der Waals surface area contributed by atoms with E-state index in [1.807, 2.05) is 0 Å². The molecule has 1 unspecified atom stereocenters. The minimum Gasteiger partial charge on any atom is -0.315 e. The predicted molar refractivity (Wildman–Crippen MR) is 51.8 cm³/mol. The second-order valence-electron chi connectivity index (χ2n) is 3.38. The van der Waals surface area contributed by atoms with Gasteiger partial charge in [0.15, 0.2) is 0 Å². The highest BCUT2D eigenvalue weighted by Crippen LogP contribution is 2.14. The first-order valence-electron chi connectivity index (χ1n) is 4.97. The van der Waals surface area contributed by atoms with E-state index < -0.39 is 0 Å². The lowest BCUT2D eigenvalue weighted by molar-refractivity contribution is 0.385. The monoisotopic (exact) mass is 157 g/mol. The van der Waals surface area contributed by atoms with E-state index in [1.165, 1.54) is 19.3 Å². The molecule has 1 atom stereocenters. The van der Waals surface area contributed by atoms with Gasteiger partial charge in [-0.2, -0.15) is 0 Å². The molecule has 0 radical (unpaired) electrons. The molecule has 0 spiro atoms. The normalized spacial score (nSPS) is 13.9. The lowest BCUT2D eigenvalue weighted by Crippen LogP contribution is -2.27. The lowest BCUT2D eigenvalue weighted by Gasteiger charge is -2.18. The molecule has 0 fully saturated rings. The third-order valence-corrected chi connectivity index (χ3v) is 2.39. The molecule has 1 N–H and O–H groups in total. The van der Waals surface area contributed by atoms with Crippen LogP contribution in [0.25, 0.3) is 0 Å². The van der Waals surface area contributed by atoms with Crippen molar-refractivity contribution in [2.75, 3.05) is 6.54 Å². The Bertz CT molecular complexity index is 76.9. The van der Waals surface area contributed by atoms with Crippen LogP contribution < -0.4 is 5.32 Å². The molecule has 0 saturated heterocycles. The Morgan fingerprint density at radius 3 is 2.00 bits per heavy atom. The Balaban J connectivity index is 3.44. The van der Waals surface area contributed by atoms with Gasteiger partial charge in [0.2, 0.25) is 0 Å². The largest absolute Gasteiger partial charge is 0.315 e. The van der Waals surface area contributed by atoms with Gasteiger partial charge in [-0.15, -0.1) is 0 Å². The smallest absolute Gasteiger partial charge is 0.00412 e. The van der Waals surface area contributed by atoms with E-state index in [0.29, 0.717) is 6.04 Å². The summed E-state index contributed by atoms with van der Waals surface area (Å²) in [6.07, 6.45) is 3.99. The maximum Gasteiger partial charge on any atom is 0.00412 e. The first-order chi connectivity index (χ1) is 5.24. The highest BCUT2D eigenvalue weighted by Gasteiger charge is 2.07. The highest BCUT2D eigenvalue weighted by atomic mass is 14.9. The molecule has 1 heteroatoms. The molecule has 0 saturated carbocycles. The van der Waals surface area contributed by atoms with E-state index in [2.05, 4.69) is 33.0 Å². The quantitative estimate of drug-likeness (QED) is 0.625. The van der Waals surface area contributed by atoms with E-state index >= 15 is 0 Å². The highest BCUT2D eigenvalue weighted by molar-refractivity contribution is 4.65. The zero-order valence-electron chi connectivity index (χ0n) is 8.48. The van der Waals surface area contributed by atoms with Crippen molar-refractivity contribution in [1.82, 2.24) is 5.32 Å². The van der Waals surface area contributed by atoms with Crippen LogP contribution in [0.3, 0.4) is 0 Å². The standard InChI is InChI=1S/C10H23N/c1-5-10(6-2)8-9(4)11-7-3/h9-11H,5-8H2,1-4H3. The van der Waals surface area contributed by atoms with Gasteiger partial charge in [-0.05, 0) is 25.8 Å².